The van der Waals surface area contributed by atoms with Gasteiger partial charge < -0.3 is 14.2 Å². The largest absolute Gasteiger partial charge is 0.481 e. The molecule has 3 rings (SSSR count). The van der Waals surface area contributed by atoms with Crippen LogP contribution in [0.1, 0.15) is 19.8 Å². The number of amides is 3. The maximum atomic E-state index is 14.5. The van der Waals surface area contributed by atoms with Gasteiger partial charge >= 0.3 is 12.2 Å². The fraction of sp³-hybridized carbons (Fsp3) is 0.421. The van der Waals surface area contributed by atoms with Crippen molar-refractivity contribution in [3.8, 4) is 23.8 Å². The first kappa shape index (κ1) is 20.3. The smallest absolute Gasteiger partial charge is 0.434 e. The summed E-state index contributed by atoms with van der Waals surface area (Å²) in [5, 5.41) is 2.20. The summed E-state index contributed by atoms with van der Waals surface area (Å²) in [6, 6.07) is 2.20. The summed E-state index contributed by atoms with van der Waals surface area (Å²) in [5.74, 6) is 0.794. The quantitative estimate of drug-likeness (QED) is 0.716. The summed E-state index contributed by atoms with van der Waals surface area (Å²) in [4.78, 5) is 38.0. The van der Waals surface area contributed by atoms with E-state index < -0.39 is 29.7 Å². The van der Waals surface area contributed by atoms with Crippen LogP contribution in [0.3, 0.4) is 0 Å². The van der Waals surface area contributed by atoms with Crippen LogP contribution in [0.15, 0.2) is 12.1 Å². The number of ether oxygens (including phenoxy) is 3. The second-order valence-corrected chi connectivity index (χ2v) is 6.24. The zero-order chi connectivity index (χ0) is 21.0. The molecule has 1 fully saturated rings. The number of terminal acetylenes is 1. The number of anilines is 1. The lowest BCUT2D eigenvalue weighted by atomic mass is 10.2. The highest BCUT2D eigenvalue weighted by Gasteiger charge is 2.33. The van der Waals surface area contributed by atoms with Crippen molar-refractivity contribution in [1.29, 1.82) is 0 Å². The van der Waals surface area contributed by atoms with Crippen LogP contribution < -0.4 is 14.4 Å². The molecule has 0 atom stereocenters. The minimum atomic E-state index is -0.942. The van der Waals surface area contributed by atoms with Crippen LogP contribution in [0.2, 0.25) is 0 Å². The number of hydrogen-bond donors (Lipinski definition) is 0. The van der Waals surface area contributed by atoms with Gasteiger partial charge in [0.05, 0.1) is 18.8 Å². The molecule has 1 aromatic carbocycles. The number of benzene rings is 1. The van der Waals surface area contributed by atoms with Crippen molar-refractivity contribution < 1.29 is 33.0 Å². The Morgan fingerprint density at radius 2 is 1.93 bits per heavy atom. The summed E-state index contributed by atoms with van der Waals surface area (Å²) < 4.78 is 29.8. The minimum absolute atomic E-state index is 0.0447. The predicted octanol–water partition coefficient (Wildman–Crippen LogP) is 2.15. The highest BCUT2D eigenvalue weighted by molar-refractivity contribution is 5.98. The van der Waals surface area contributed by atoms with Crippen LogP contribution in [0.4, 0.5) is 19.7 Å². The molecule has 0 saturated carbocycles. The van der Waals surface area contributed by atoms with Crippen LogP contribution in [-0.2, 0) is 9.53 Å². The van der Waals surface area contributed by atoms with Gasteiger partial charge in [0, 0.05) is 25.2 Å². The number of halogens is 1. The molecule has 3 amide bonds. The third-order valence-electron chi connectivity index (χ3n) is 4.37. The molecule has 1 saturated heterocycles. The van der Waals surface area contributed by atoms with Crippen LogP contribution in [0.5, 0.6) is 11.5 Å². The molecule has 0 radical (unpaired) electrons. The van der Waals surface area contributed by atoms with Gasteiger partial charge in [0.15, 0.2) is 18.2 Å². The highest BCUT2D eigenvalue weighted by Crippen LogP contribution is 2.37. The summed E-state index contributed by atoms with van der Waals surface area (Å²) in [6.07, 6.45) is 5.01. The average molecular weight is 405 g/mol. The van der Waals surface area contributed by atoms with E-state index in [1.54, 1.807) is 6.92 Å². The second kappa shape index (κ2) is 8.68. The number of hydrazine groups is 1. The molecule has 9 nitrogen and oxygen atoms in total. The first-order valence-corrected chi connectivity index (χ1v) is 9.10. The second-order valence-electron chi connectivity index (χ2n) is 6.24. The molecule has 1 aromatic rings. The Morgan fingerprint density at radius 1 is 1.24 bits per heavy atom. The normalized spacial score (nSPS) is 15.9. The molecule has 0 aromatic heterocycles. The van der Waals surface area contributed by atoms with Crippen molar-refractivity contribution in [1.82, 2.24) is 10.0 Å². The molecule has 10 heteroatoms. The summed E-state index contributed by atoms with van der Waals surface area (Å²) >= 11 is 0. The van der Waals surface area contributed by atoms with Crippen molar-refractivity contribution in [2.24, 2.45) is 0 Å². The molecule has 2 heterocycles. The van der Waals surface area contributed by atoms with Crippen molar-refractivity contribution >= 4 is 23.8 Å². The van der Waals surface area contributed by atoms with Gasteiger partial charge in [0.2, 0.25) is 0 Å². The topological polar surface area (TPSA) is 88.6 Å². The molecule has 0 N–H and O–H groups in total. The lowest BCUT2D eigenvalue weighted by Crippen LogP contribution is -2.54. The van der Waals surface area contributed by atoms with E-state index in [2.05, 4.69) is 5.92 Å². The number of fused-ring (bicyclic) bond motifs is 1. The predicted molar refractivity (Wildman–Crippen MR) is 98.8 cm³/mol. The van der Waals surface area contributed by atoms with Crippen LogP contribution in [0.25, 0.3) is 0 Å². The molecule has 0 spiro atoms. The van der Waals surface area contributed by atoms with E-state index >= 15 is 0 Å². The fourth-order valence-corrected chi connectivity index (χ4v) is 3.03. The van der Waals surface area contributed by atoms with Crippen molar-refractivity contribution in [2.45, 2.75) is 19.8 Å². The van der Waals surface area contributed by atoms with E-state index in [4.69, 9.17) is 20.6 Å². The van der Waals surface area contributed by atoms with Crippen molar-refractivity contribution in [3.63, 3.8) is 0 Å². The first-order valence-electron chi connectivity index (χ1n) is 9.10. The Bertz CT molecular complexity index is 868. The number of rotatable bonds is 3. The molecular formula is C19H20FN3O6. The minimum Gasteiger partial charge on any atom is -0.481 e. The van der Waals surface area contributed by atoms with E-state index in [0.29, 0.717) is 12.8 Å². The SMILES string of the molecule is C#CCN1C(=O)COc2cc(F)c(OC(=O)N3CCCCN3C(=O)OCC)cc21. The van der Waals surface area contributed by atoms with Crippen LogP contribution in [-0.4, -0.2) is 61.0 Å². The zero-order valence-electron chi connectivity index (χ0n) is 15.9. The average Bonchev–Trinajstić information content (AvgIpc) is 2.71. The Balaban J connectivity index is 1.84. The van der Waals surface area contributed by atoms with Gasteiger partial charge in [0.1, 0.15) is 5.75 Å². The Hall–Kier alpha value is -3.48. The maximum absolute atomic E-state index is 14.5. The van der Waals surface area contributed by atoms with E-state index in [-0.39, 0.29) is 44.3 Å². The van der Waals surface area contributed by atoms with Gasteiger partial charge in [0.25, 0.3) is 5.91 Å². The number of hydrogen-bond acceptors (Lipinski definition) is 6. The molecule has 29 heavy (non-hydrogen) atoms. The van der Waals surface area contributed by atoms with Gasteiger partial charge in [-0.2, -0.15) is 0 Å². The van der Waals surface area contributed by atoms with Gasteiger partial charge in [-0.1, -0.05) is 5.92 Å². The van der Waals surface area contributed by atoms with Gasteiger partial charge in [-0.25, -0.2) is 24.0 Å². The summed E-state index contributed by atoms with van der Waals surface area (Å²) in [6.45, 7) is 1.98. The third-order valence-corrected chi connectivity index (χ3v) is 4.37. The van der Waals surface area contributed by atoms with E-state index in [1.165, 1.54) is 11.0 Å². The number of nitrogens with zero attached hydrogens (tertiary/aromatic N) is 3. The lowest BCUT2D eigenvalue weighted by Gasteiger charge is -2.36. The highest BCUT2D eigenvalue weighted by atomic mass is 19.1. The number of carbonyl (C=O) groups is 3. The summed E-state index contributed by atoms with van der Waals surface area (Å²) in [7, 11) is 0. The third kappa shape index (κ3) is 4.18. The molecule has 2 aliphatic heterocycles. The number of carbonyl (C=O) groups excluding carboxylic acids is 3. The van der Waals surface area contributed by atoms with E-state index in [9.17, 15) is 18.8 Å². The van der Waals surface area contributed by atoms with Crippen LogP contribution in [0, 0.1) is 18.2 Å². The molecule has 154 valence electrons. The van der Waals surface area contributed by atoms with Gasteiger partial charge in [-0.05, 0) is 19.8 Å². The fourth-order valence-electron chi connectivity index (χ4n) is 3.03. The van der Waals surface area contributed by atoms with E-state index in [0.717, 1.165) is 16.1 Å². The Labute approximate surface area is 166 Å². The Morgan fingerprint density at radius 3 is 2.59 bits per heavy atom. The molecular weight excluding hydrogens is 385 g/mol. The summed E-state index contributed by atoms with van der Waals surface area (Å²) in [5.41, 5.74) is 0.198. The Kier molecular flexibility index (Phi) is 6.07. The molecule has 2 aliphatic rings. The van der Waals surface area contributed by atoms with Crippen LogP contribution >= 0.6 is 0 Å². The zero-order valence-corrected chi connectivity index (χ0v) is 15.9. The molecule has 0 aliphatic carbocycles. The van der Waals surface area contributed by atoms with Gasteiger partial charge in [-0.3, -0.25) is 9.69 Å². The monoisotopic (exact) mass is 405 g/mol. The molecule has 0 bridgehead atoms. The van der Waals surface area contributed by atoms with E-state index in [1.807, 2.05) is 0 Å². The van der Waals surface area contributed by atoms with Crippen molar-refractivity contribution in [3.05, 3.63) is 17.9 Å². The standard InChI is InChI=1S/C19H20FN3O6/c1-3-7-21-14-11-15(13(20)10-16(14)28-12-17(21)24)29-19(26)23-9-6-5-8-22(23)18(25)27-4-2/h1,10-11H,4-9,12H2,2H3. The van der Waals surface area contributed by atoms with Crippen molar-refractivity contribution in [2.75, 3.05) is 37.7 Å². The first-order chi connectivity index (χ1) is 14.0. The maximum Gasteiger partial charge on any atom is 0.434 e. The molecule has 0 unspecified atom stereocenters. The lowest BCUT2D eigenvalue weighted by molar-refractivity contribution is -0.121. The van der Waals surface area contributed by atoms with Gasteiger partial charge in [-0.15, -0.1) is 6.42 Å².